The number of ether oxygens (including phenoxy) is 1. The van der Waals surface area contributed by atoms with Gasteiger partial charge in [-0.3, -0.25) is 14.5 Å². The van der Waals surface area contributed by atoms with Crippen molar-refractivity contribution in [1.29, 1.82) is 0 Å². The Balaban J connectivity index is 2.32. The van der Waals surface area contributed by atoms with Crippen molar-refractivity contribution in [2.45, 2.75) is 12.5 Å². The number of thiocarbonyl (C=S) groups is 1. The molecule has 1 aromatic rings. The Bertz CT molecular complexity index is 851. The second-order valence-corrected chi connectivity index (χ2v) is 6.90. The van der Waals surface area contributed by atoms with Crippen molar-refractivity contribution in [3.05, 3.63) is 34.7 Å². The summed E-state index contributed by atoms with van der Waals surface area (Å²) < 4.78 is 5.07. The highest BCUT2D eigenvalue weighted by molar-refractivity contribution is 8.26. The molecular weight excluding hydrogens is 398 g/mol. The molecule has 1 fully saturated rings. The smallest absolute Gasteiger partial charge is 0.341 e. The molecule has 1 unspecified atom stereocenters. The van der Waals surface area contributed by atoms with Crippen LogP contribution in [0.15, 0.2) is 29.2 Å². The average molecular weight is 411 g/mol. The third-order valence-corrected chi connectivity index (χ3v) is 4.68. The maximum Gasteiger partial charge on any atom is 0.341 e. The van der Waals surface area contributed by atoms with E-state index in [1.54, 1.807) is 18.2 Å². The molecule has 1 atom stereocenters. The van der Waals surface area contributed by atoms with E-state index in [9.17, 15) is 24.3 Å². The molecule has 9 nitrogen and oxygen atoms in total. The number of carbonyl (C=O) groups excluding carboxylic acids is 1. The van der Waals surface area contributed by atoms with E-state index in [-0.39, 0.29) is 15.0 Å². The van der Waals surface area contributed by atoms with Gasteiger partial charge < -0.3 is 20.1 Å². The summed E-state index contributed by atoms with van der Waals surface area (Å²) in [7, 11) is 0. The van der Waals surface area contributed by atoms with Gasteiger partial charge in [0.05, 0.1) is 11.3 Å². The maximum absolute atomic E-state index is 12.6. The number of thioether (sulfide) groups is 1. The lowest BCUT2D eigenvalue weighted by molar-refractivity contribution is -0.150. The number of carbonyl (C=O) groups is 4. The number of nitrogens with zero attached hydrogens (tertiary/aromatic N) is 1. The first-order chi connectivity index (χ1) is 12.7. The summed E-state index contributed by atoms with van der Waals surface area (Å²) in [6.07, 6.45) is 0.587. The lowest BCUT2D eigenvalue weighted by atomic mass is 10.1. The van der Waals surface area contributed by atoms with Crippen LogP contribution in [0, 0.1) is 0 Å². The lowest BCUT2D eigenvalue weighted by Crippen LogP contribution is -2.45. The van der Waals surface area contributed by atoms with Crippen LogP contribution < -0.4 is 4.74 Å². The number of carboxylic acids is 3. The van der Waals surface area contributed by atoms with E-state index in [1.165, 1.54) is 12.1 Å². The van der Waals surface area contributed by atoms with Crippen molar-refractivity contribution in [2.75, 3.05) is 6.61 Å². The van der Waals surface area contributed by atoms with E-state index >= 15 is 0 Å². The summed E-state index contributed by atoms with van der Waals surface area (Å²) in [5.74, 6) is -4.57. The normalized spacial score (nSPS) is 16.4. The van der Waals surface area contributed by atoms with Gasteiger partial charge in [0, 0.05) is 5.56 Å². The highest BCUT2D eigenvalue weighted by Crippen LogP contribution is 2.36. The Kier molecular flexibility index (Phi) is 6.53. The molecule has 1 aliphatic heterocycles. The Morgan fingerprint density at radius 2 is 1.85 bits per heavy atom. The molecule has 11 heteroatoms. The van der Waals surface area contributed by atoms with Gasteiger partial charge in [0.2, 0.25) is 0 Å². The molecule has 1 aromatic carbocycles. The van der Waals surface area contributed by atoms with Gasteiger partial charge in [-0.15, -0.1) is 0 Å². The minimum Gasteiger partial charge on any atom is -0.481 e. The van der Waals surface area contributed by atoms with E-state index in [0.29, 0.717) is 5.56 Å². The highest BCUT2D eigenvalue weighted by atomic mass is 32.2. The molecule has 142 valence electrons. The largest absolute Gasteiger partial charge is 0.481 e. The summed E-state index contributed by atoms with van der Waals surface area (Å²) in [5, 5.41) is 26.8. The molecule has 0 spiro atoms. The predicted molar refractivity (Wildman–Crippen MR) is 98.3 cm³/mol. The summed E-state index contributed by atoms with van der Waals surface area (Å²) in [4.78, 5) is 46.3. The first-order valence-corrected chi connectivity index (χ1v) is 8.58. The number of para-hydroxylation sites is 1. The van der Waals surface area contributed by atoms with E-state index in [1.807, 2.05) is 0 Å². The zero-order valence-corrected chi connectivity index (χ0v) is 15.2. The van der Waals surface area contributed by atoms with Crippen LogP contribution in [0.4, 0.5) is 0 Å². The first kappa shape index (κ1) is 20.4. The SMILES string of the molecule is O=C(O)COc1ccccc1/C=C1\SC(=S)N(C(CC(=O)O)C(=O)O)C1=O. The first-order valence-electron chi connectivity index (χ1n) is 7.36. The minimum absolute atomic E-state index is 0.0722. The molecule has 0 aromatic heterocycles. The number of amides is 1. The molecule has 0 bridgehead atoms. The molecule has 1 saturated heterocycles. The van der Waals surface area contributed by atoms with Gasteiger partial charge >= 0.3 is 17.9 Å². The number of hydrogen-bond donors (Lipinski definition) is 3. The van der Waals surface area contributed by atoms with E-state index in [0.717, 1.165) is 16.7 Å². The Morgan fingerprint density at radius 3 is 2.44 bits per heavy atom. The molecule has 0 aliphatic carbocycles. The fourth-order valence-electron chi connectivity index (χ4n) is 2.21. The number of benzene rings is 1. The van der Waals surface area contributed by atoms with E-state index in [2.05, 4.69) is 0 Å². The summed E-state index contributed by atoms with van der Waals surface area (Å²) in [6.45, 7) is -0.578. The lowest BCUT2D eigenvalue weighted by Gasteiger charge is -2.21. The molecule has 1 amide bonds. The molecular formula is C16H13NO8S2. The number of carboxylic acid groups (broad SMARTS) is 3. The third kappa shape index (κ3) is 5.05. The van der Waals surface area contributed by atoms with Crippen molar-refractivity contribution in [3.8, 4) is 5.75 Å². The van der Waals surface area contributed by atoms with Crippen molar-refractivity contribution in [3.63, 3.8) is 0 Å². The van der Waals surface area contributed by atoms with Crippen LogP contribution in [0.25, 0.3) is 6.08 Å². The fourth-order valence-corrected chi connectivity index (χ4v) is 3.56. The monoisotopic (exact) mass is 411 g/mol. The van der Waals surface area contributed by atoms with Crippen LogP contribution in [0.3, 0.4) is 0 Å². The zero-order chi connectivity index (χ0) is 20.1. The predicted octanol–water partition coefficient (Wildman–Crippen LogP) is 1.28. The summed E-state index contributed by atoms with van der Waals surface area (Å²) in [5.41, 5.74) is 0.393. The topological polar surface area (TPSA) is 141 Å². The Hall–Kier alpha value is -2.92. The Morgan fingerprint density at radius 1 is 1.19 bits per heavy atom. The third-order valence-electron chi connectivity index (χ3n) is 3.35. The summed E-state index contributed by atoms with van der Waals surface area (Å²) in [6, 6.07) is 4.73. The van der Waals surface area contributed by atoms with Gasteiger partial charge in [-0.05, 0) is 12.1 Å². The van der Waals surface area contributed by atoms with Crippen LogP contribution in [0.1, 0.15) is 12.0 Å². The highest BCUT2D eigenvalue weighted by Gasteiger charge is 2.41. The van der Waals surface area contributed by atoms with Crippen LogP contribution in [0.5, 0.6) is 5.75 Å². The van der Waals surface area contributed by atoms with Crippen LogP contribution in [0.2, 0.25) is 0 Å². The molecule has 0 saturated carbocycles. The molecule has 0 radical (unpaired) electrons. The average Bonchev–Trinajstić information content (AvgIpc) is 2.85. The van der Waals surface area contributed by atoms with Crippen molar-refractivity contribution >= 4 is 58.2 Å². The van der Waals surface area contributed by atoms with Gasteiger partial charge in [0.1, 0.15) is 16.1 Å². The second-order valence-electron chi connectivity index (χ2n) is 5.22. The van der Waals surface area contributed by atoms with Crippen LogP contribution >= 0.6 is 24.0 Å². The molecule has 1 aliphatic rings. The molecule has 3 N–H and O–H groups in total. The number of hydrogen-bond acceptors (Lipinski definition) is 7. The molecule has 27 heavy (non-hydrogen) atoms. The number of aliphatic carboxylic acids is 3. The Labute approximate surface area is 162 Å². The summed E-state index contributed by atoms with van der Waals surface area (Å²) >= 11 is 5.86. The quantitative estimate of drug-likeness (QED) is 0.423. The van der Waals surface area contributed by atoms with Gasteiger partial charge in [-0.25, -0.2) is 9.59 Å². The van der Waals surface area contributed by atoms with Gasteiger partial charge in [-0.2, -0.15) is 0 Å². The van der Waals surface area contributed by atoms with Gasteiger partial charge in [-0.1, -0.05) is 42.2 Å². The van der Waals surface area contributed by atoms with Crippen LogP contribution in [-0.2, 0) is 19.2 Å². The standard InChI is InChI=1S/C16H13NO8S2/c18-12(19)6-9(15(23)24)17-14(22)11(27-16(17)26)5-8-3-1-2-4-10(8)25-7-13(20)21/h1-5,9H,6-7H2,(H,18,19)(H,20,21)(H,23,24)/b11-5-. The van der Waals surface area contributed by atoms with Crippen molar-refractivity contribution in [1.82, 2.24) is 4.90 Å². The van der Waals surface area contributed by atoms with Gasteiger partial charge in [0.25, 0.3) is 5.91 Å². The van der Waals surface area contributed by atoms with Gasteiger partial charge in [0.15, 0.2) is 6.61 Å². The minimum atomic E-state index is -1.63. The zero-order valence-electron chi connectivity index (χ0n) is 13.5. The van der Waals surface area contributed by atoms with E-state index < -0.39 is 42.9 Å². The number of rotatable bonds is 8. The molecule has 2 rings (SSSR count). The van der Waals surface area contributed by atoms with E-state index in [4.69, 9.17) is 27.2 Å². The van der Waals surface area contributed by atoms with Crippen LogP contribution in [-0.4, -0.2) is 61.0 Å². The fraction of sp³-hybridized carbons (Fsp3) is 0.188. The van der Waals surface area contributed by atoms with Crippen molar-refractivity contribution < 1.29 is 39.2 Å². The van der Waals surface area contributed by atoms with Crippen molar-refractivity contribution in [2.24, 2.45) is 0 Å². The second kappa shape index (κ2) is 8.64. The maximum atomic E-state index is 12.6. The molecule has 1 heterocycles.